The van der Waals surface area contributed by atoms with Crippen molar-refractivity contribution in [1.82, 2.24) is 19.6 Å². The van der Waals surface area contributed by atoms with Gasteiger partial charge in [-0.3, -0.25) is 4.90 Å². The summed E-state index contributed by atoms with van der Waals surface area (Å²) in [6.45, 7) is 8.81. The van der Waals surface area contributed by atoms with Crippen molar-refractivity contribution >= 4 is 0 Å². The van der Waals surface area contributed by atoms with Crippen molar-refractivity contribution in [2.75, 3.05) is 7.05 Å². The van der Waals surface area contributed by atoms with Crippen LogP contribution in [0.1, 0.15) is 36.2 Å². The van der Waals surface area contributed by atoms with Crippen molar-refractivity contribution in [3.63, 3.8) is 0 Å². The minimum Gasteiger partial charge on any atom is -0.361 e. The molecule has 0 aliphatic heterocycles. The SMILES string of the molecule is CCCn1ccnc1CN(C)Cc1c(C)noc1C. The lowest BCUT2D eigenvalue weighted by Gasteiger charge is -2.17. The first-order valence-corrected chi connectivity index (χ1v) is 6.72. The van der Waals surface area contributed by atoms with E-state index in [0.29, 0.717) is 0 Å². The number of aryl methyl sites for hydroxylation is 3. The Hall–Kier alpha value is -1.62. The molecule has 0 aliphatic carbocycles. The van der Waals surface area contributed by atoms with E-state index in [1.165, 1.54) is 5.56 Å². The molecule has 0 N–H and O–H groups in total. The largest absolute Gasteiger partial charge is 0.361 e. The molecule has 0 radical (unpaired) electrons. The van der Waals surface area contributed by atoms with Crippen LogP contribution in [0.15, 0.2) is 16.9 Å². The lowest BCUT2D eigenvalue weighted by Crippen LogP contribution is -2.20. The van der Waals surface area contributed by atoms with E-state index in [4.69, 9.17) is 4.52 Å². The van der Waals surface area contributed by atoms with Crippen molar-refractivity contribution < 1.29 is 4.52 Å². The Morgan fingerprint density at radius 2 is 2.11 bits per heavy atom. The molecular weight excluding hydrogens is 240 g/mol. The summed E-state index contributed by atoms with van der Waals surface area (Å²) in [7, 11) is 2.09. The number of imidazole rings is 1. The molecule has 0 saturated carbocycles. The topological polar surface area (TPSA) is 47.1 Å². The molecule has 2 aromatic rings. The van der Waals surface area contributed by atoms with Crippen molar-refractivity contribution in [2.24, 2.45) is 0 Å². The molecule has 104 valence electrons. The number of rotatable bonds is 6. The Bertz CT molecular complexity index is 510. The van der Waals surface area contributed by atoms with Crippen LogP contribution < -0.4 is 0 Å². The van der Waals surface area contributed by atoms with Gasteiger partial charge in [0.25, 0.3) is 0 Å². The number of nitrogens with zero attached hydrogens (tertiary/aromatic N) is 4. The second-order valence-electron chi connectivity index (χ2n) is 5.01. The van der Waals surface area contributed by atoms with Gasteiger partial charge < -0.3 is 9.09 Å². The van der Waals surface area contributed by atoms with E-state index in [-0.39, 0.29) is 0 Å². The van der Waals surface area contributed by atoms with Gasteiger partial charge in [-0.25, -0.2) is 4.98 Å². The van der Waals surface area contributed by atoms with E-state index in [9.17, 15) is 0 Å². The lowest BCUT2D eigenvalue weighted by atomic mass is 10.2. The molecule has 5 heteroatoms. The van der Waals surface area contributed by atoms with E-state index < -0.39 is 0 Å². The van der Waals surface area contributed by atoms with E-state index in [2.05, 4.69) is 33.6 Å². The highest BCUT2D eigenvalue weighted by Gasteiger charge is 2.13. The minimum atomic E-state index is 0.830. The number of hydrogen-bond acceptors (Lipinski definition) is 4. The molecule has 2 rings (SSSR count). The second kappa shape index (κ2) is 6.02. The molecule has 0 unspecified atom stereocenters. The Labute approximate surface area is 114 Å². The van der Waals surface area contributed by atoms with E-state index in [1.807, 2.05) is 26.2 Å². The fraction of sp³-hybridized carbons (Fsp3) is 0.571. The van der Waals surface area contributed by atoms with Gasteiger partial charge in [-0.2, -0.15) is 0 Å². The minimum absolute atomic E-state index is 0.830. The molecule has 0 aromatic carbocycles. The molecule has 0 atom stereocenters. The maximum absolute atomic E-state index is 5.20. The Balaban J connectivity index is 2.01. The first kappa shape index (κ1) is 13.8. The molecular formula is C14H22N4O. The zero-order valence-electron chi connectivity index (χ0n) is 12.2. The van der Waals surface area contributed by atoms with Crippen molar-refractivity contribution in [1.29, 1.82) is 0 Å². The third-order valence-electron chi connectivity index (χ3n) is 3.29. The zero-order valence-corrected chi connectivity index (χ0v) is 12.2. The lowest BCUT2D eigenvalue weighted by molar-refractivity contribution is 0.301. The van der Waals surface area contributed by atoms with Crippen LogP contribution in [0.4, 0.5) is 0 Å². The van der Waals surface area contributed by atoms with E-state index >= 15 is 0 Å². The van der Waals surface area contributed by atoms with Crippen molar-refractivity contribution in [3.8, 4) is 0 Å². The van der Waals surface area contributed by atoms with Gasteiger partial charge in [-0.1, -0.05) is 12.1 Å². The molecule has 0 aliphatic rings. The van der Waals surface area contributed by atoms with Gasteiger partial charge in [-0.05, 0) is 27.3 Å². The third-order valence-corrected chi connectivity index (χ3v) is 3.29. The summed E-state index contributed by atoms with van der Waals surface area (Å²) >= 11 is 0. The van der Waals surface area contributed by atoms with E-state index in [0.717, 1.165) is 43.3 Å². The maximum Gasteiger partial charge on any atom is 0.138 e. The summed E-state index contributed by atoms with van der Waals surface area (Å²) in [6.07, 6.45) is 5.04. The molecule has 2 heterocycles. The summed E-state index contributed by atoms with van der Waals surface area (Å²) < 4.78 is 7.41. The molecule has 0 bridgehead atoms. The molecule has 0 saturated heterocycles. The number of hydrogen-bond donors (Lipinski definition) is 0. The van der Waals surface area contributed by atoms with Gasteiger partial charge in [0.2, 0.25) is 0 Å². The standard InChI is InChI=1S/C14H22N4O/c1-5-7-18-8-6-15-14(18)10-17(4)9-13-11(2)16-19-12(13)3/h6,8H,5,7,9-10H2,1-4H3. The third kappa shape index (κ3) is 3.23. The van der Waals surface area contributed by atoms with Gasteiger partial charge >= 0.3 is 0 Å². The Morgan fingerprint density at radius 3 is 2.74 bits per heavy atom. The molecule has 5 nitrogen and oxygen atoms in total. The van der Waals surface area contributed by atoms with Crippen LogP contribution in [-0.4, -0.2) is 26.7 Å². The van der Waals surface area contributed by atoms with Crippen LogP contribution in [0.25, 0.3) is 0 Å². The van der Waals surface area contributed by atoms with Crippen LogP contribution in [0.5, 0.6) is 0 Å². The van der Waals surface area contributed by atoms with Gasteiger partial charge in [0.15, 0.2) is 0 Å². The van der Waals surface area contributed by atoms with Gasteiger partial charge in [0, 0.05) is 31.0 Å². The average Bonchev–Trinajstić information content (AvgIpc) is 2.92. The molecule has 0 amide bonds. The molecule has 0 fully saturated rings. The first-order chi connectivity index (χ1) is 9.11. The van der Waals surface area contributed by atoms with E-state index in [1.54, 1.807) is 0 Å². The summed E-state index contributed by atoms with van der Waals surface area (Å²) in [4.78, 5) is 6.67. The molecule has 2 aromatic heterocycles. The Morgan fingerprint density at radius 1 is 1.32 bits per heavy atom. The van der Waals surface area contributed by atoms with Crippen LogP contribution in [0.3, 0.4) is 0 Å². The highest BCUT2D eigenvalue weighted by Crippen LogP contribution is 2.15. The normalized spacial score (nSPS) is 11.4. The van der Waals surface area contributed by atoms with Crippen LogP contribution in [0.2, 0.25) is 0 Å². The summed E-state index contributed by atoms with van der Waals surface area (Å²) in [5.74, 6) is 2.01. The van der Waals surface area contributed by atoms with Gasteiger partial charge in [0.05, 0.1) is 12.2 Å². The summed E-state index contributed by atoms with van der Waals surface area (Å²) in [5.41, 5.74) is 2.15. The molecule has 0 spiro atoms. The predicted molar refractivity (Wildman–Crippen MR) is 73.7 cm³/mol. The number of aromatic nitrogens is 3. The average molecular weight is 262 g/mol. The van der Waals surface area contributed by atoms with Gasteiger partial charge in [-0.15, -0.1) is 0 Å². The van der Waals surface area contributed by atoms with Gasteiger partial charge in [0.1, 0.15) is 11.6 Å². The predicted octanol–water partition coefficient (Wildman–Crippen LogP) is 2.53. The monoisotopic (exact) mass is 262 g/mol. The Kier molecular flexibility index (Phi) is 4.37. The smallest absolute Gasteiger partial charge is 0.138 e. The fourth-order valence-electron chi connectivity index (χ4n) is 2.23. The van der Waals surface area contributed by atoms with Crippen molar-refractivity contribution in [2.45, 2.75) is 46.8 Å². The fourth-order valence-corrected chi connectivity index (χ4v) is 2.23. The highest BCUT2D eigenvalue weighted by molar-refractivity contribution is 5.20. The summed E-state index contributed by atoms with van der Waals surface area (Å²) in [5, 5.41) is 3.99. The first-order valence-electron chi connectivity index (χ1n) is 6.72. The van der Waals surface area contributed by atoms with Crippen LogP contribution in [-0.2, 0) is 19.6 Å². The maximum atomic E-state index is 5.20. The molecule has 19 heavy (non-hydrogen) atoms. The highest BCUT2D eigenvalue weighted by atomic mass is 16.5. The van der Waals surface area contributed by atoms with Crippen LogP contribution >= 0.6 is 0 Å². The zero-order chi connectivity index (χ0) is 13.8. The van der Waals surface area contributed by atoms with Crippen molar-refractivity contribution in [3.05, 3.63) is 35.2 Å². The quantitative estimate of drug-likeness (QED) is 0.802. The second-order valence-corrected chi connectivity index (χ2v) is 5.01. The summed E-state index contributed by atoms with van der Waals surface area (Å²) in [6, 6.07) is 0. The van der Waals surface area contributed by atoms with Crippen LogP contribution in [0, 0.1) is 13.8 Å².